The van der Waals surface area contributed by atoms with E-state index >= 15 is 0 Å². The van der Waals surface area contributed by atoms with E-state index in [1.165, 1.54) is 0 Å². The number of non-ortho nitro benzene ring substituents is 1. The fraction of sp³-hybridized carbons (Fsp3) is 0.0667. The van der Waals surface area contributed by atoms with E-state index in [2.05, 4.69) is 0 Å². The molecule has 23 heavy (non-hydrogen) atoms. The summed E-state index contributed by atoms with van der Waals surface area (Å²) in [7, 11) is 0. The number of nitro groups is 1. The minimum absolute atomic E-state index is 0.0466. The van der Waals surface area contributed by atoms with Gasteiger partial charge in [-0.1, -0.05) is 30.3 Å². The SMILES string of the molecule is O=C(OCc1ccccc1)Oc1ccc([N+](=O)[O-])cc1C(=O)O. The minimum Gasteiger partial charge on any atom is -0.478 e. The van der Waals surface area contributed by atoms with Gasteiger partial charge in [-0.05, 0) is 11.6 Å². The molecular weight excluding hydrogens is 306 g/mol. The Kier molecular flexibility index (Phi) is 4.88. The number of nitro benzene ring substituents is 1. The number of carbonyl (C=O) groups is 2. The molecule has 0 saturated heterocycles. The molecule has 2 rings (SSSR count). The second kappa shape index (κ2) is 7.03. The molecule has 118 valence electrons. The van der Waals surface area contributed by atoms with Crippen LogP contribution in [0.2, 0.25) is 0 Å². The third kappa shape index (κ3) is 4.27. The third-order valence-corrected chi connectivity index (χ3v) is 2.80. The molecule has 0 aliphatic carbocycles. The second-order valence-corrected chi connectivity index (χ2v) is 4.37. The smallest absolute Gasteiger partial charge is 0.478 e. The molecule has 0 aliphatic heterocycles. The van der Waals surface area contributed by atoms with Crippen LogP contribution in [0.15, 0.2) is 48.5 Å². The van der Waals surface area contributed by atoms with Crippen LogP contribution in [0.25, 0.3) is 0 Å². The predicted octanol–water partition coefficient (Wildman–Crippen LogP) is 3.01. The fourth-order valence-electron chi connectivity index (χ4n) is 1.72. The van der Waals surface area contributed by atoms with Crippen LogP contribution in [-0.4, -0.2) is 22.2 Å². The van der Waals surface area contributed by atoms with E-state index in [4.69, 9.17) is 14.6 Å². The number of aromatic carboxylic acids is 1. The Morgan fingerprint density at radius 1 is 1.13 bits per heavy atom. The first-order valence-corrected chi connectivity index (χ1v) is 6.37. The molecule has 0 heterocycles. The summed E-state index contributed by atoms with van der Waals surface area (Å²) in [6, 6.07) is 11.7. The lowest BCUT2D eigenvalue weighted by Gasteiger charge is -2.08. The van der Waals surface area contributed by atoms with Gasteiger partial charge in [0.1, 0.15) is 17.9 Å². The maximum atomic E-state index is 11.6. The molecule has 0 saturated carbocycles. The maximum absolute atomic E-state index is 11.6. The summed E-state index contributed by atoms with van der Waals surface area (Å²) in [4.78, 5) is 32.6. The highest BCUT2D eigenvalue weighted by Crippen LogP contribution is 2.24. The highest BCUT2D eigenvalue weighted by molar-refractivity contribution is 5.92. The zero-order valence-corrected chi connectivity index (χ0v) is 11.7. The second-order valence-electron chi connectivity index (χ2n) is 4.37. The maximum Gasteiger partial charge on any atom is 0.514 e. The van der Waals surface area contributed by atoms with Crippen LogP contribution < -0.4 is 4.74 Å². The van der Waals surface area contributed by atoms with Gasteiger partial charge in [-0.2, -0.15) is 0 Å². The molecule has 0 atom stereocenters. The summed E-state index contributed by atoms with van der Waals surface area (Å²) in [5, 5.41) is 19.7. The number of hydrogen-bond acceptors (Lipinski definition) is 6. The van der Waals surface area contributed by atoms with Gasteiger partial charge in [0.05, 0.1) is 4.92 Å². The van der Waals surface area contributed by atoms with Crippen LogP contribution in [-0.2, 0) is 11.3 Å². The molecule has 0 spiro atoms. The van der Waals surface area contributed by atoms with Crippen molar-refractivity contribution in [2.24, 2.45) is 0 Å². The Hall–Kier alpha value is -3.42. The number of hydrogen-bond donors (Lipinski definition) is 1. The molecule has 0 aromatic heterocycles. The Labute approximate surface area is 130 Å². The zero-order chi connectivity index (χ0) is 16.8. The number of carboxylic acid groups (broad SMARTS) is 1. The van der Waals surface area contributed by atoms with Gasteiger partial charge in [-0.3, -0.25) is 10.1 Å². The monoisotopic (exact) mass is 317 g/mol. The van der Waals surface area contributed by atoms with Crippen LogP contribution in [0.3, 0.4) is 0 Å². The lowest BCUT2D eigenvalue weighted by atomic mass is 10.2. The van der Waals surface area contributed by atoms with Gasteiger partial charge in [-0.25, -0.2) is 9.59 Å². The largest absolute Gasteiger partial charge is 0.514 e. The van der Waals surface area contributed by atoms with Crippen LogP contribution in [0.5, 0.6) is 5.75 Å². The normalized spacial score (nSPS) is 9.91. The molecule has 0 aliphatic rings. The Bertz CT molecular complexity index is 743. The van der Waals surface area contributed by atoms with Crippen LogP contribution in [0.4, 0.5) is 10.5 Å². The van der Waals surface area contributed by atoms with E-state index in [1.807, 2.05) is 0 Å². The van der Waals surface area contributed by atoms with Gasteiger partial charge >= 0.3 is 12.1 Å². The summed E-state index contributed by atoms with van der Waals surface area (Å²) in [5.74, 6) is -1.79. The number of carbonyl (C=O) groups excluding carboxylic acids is 1. The highest BCUT2D eigenvalue weighted by Gasteiger charge is 2.19. The molecule has 8 nitrogen and oxygen atoms in total. The number of ether oxygens (including phenoxy) is 2. The standard InChI is InChI=1S/C15H11NO7/c17-14(18)12-8-11(16(20)21)6-7-13(12)23-15(19)22-9-10-4-2-1-3-5-10/h1-8H,9H2,(H,17,18). The molecule has 0 unspecified atom stereocenters. The molecule has 0 bridgehead atoms. The summed E-state index contributed by atoms with van der Waals surface area (Å²) < 4.78 is 9.66. The van der Waals surface area contributed by atoms with Crippen molar-refractivity contribution in [2.75, 3.05) is 0 Å². The molecule has 0 fully saturated rings. The molecule has 2 aromatic rings. The first-order chi connectivity index (χ1) is 11.0. The average molecular weight is 317 g/mol. The molecule has 8 heteroatoms. The van der Waals surface area contributed by atoms with Crippen LogP contribution in [0, 0.1) is 10.1 Å². The Balaban J connectivity index is 2.08. The van der Waals surface area contributed by atoms with Crippen LogP contribution in [0.1, 0.15) is 15.9 Å². The van der Waals surface area contributed by atoms with E-state index in [0.29, 0.717) is 0 Å². The first kappa shape index (κ1) is 16.0. The lowest BCUT2D eigenvalue weighted by Crippen LogP contribution is -2.13. The molecule has 0 amide bonds. The van der Waals surface area contributed by atoms with Crippen molar-refractivity contribution in [3.8, 4) is 5.75 Å². The van der Waals surface area contributed by atoms with Crippen molar-refractivity contribution in [3.05, 3.63) is 69.8 Å². The molecule has 2 aromatic carbocycles. The third-order valence-electron chi connectivity index (χ3n) is 2.80. The van der Waals surface area contributed by atoms with E-state index in [1.54, 1.807) is 30.3 Å². The number of nitrogens with zero attached hydrogens (tertiary/aromatic N) is 1. The average Bonchev–Trinajstić information content (AvgIpc) is 2.54. The zero-order valence-electron chi connectivity index (χ0n) is 11.7. The first-order valence-electron chi connectivity index (χ1n) is 6.37. The molecule has 0 radical (unpaired) electrons. The molecular formula is C15H11NO7. The Morgan fingerprint density at radius 3 is 2.43 bits per heavy atom. The Morgan fingerprint density at radius 2 is 1.83 bits per heavy atom. The van der Waals surface area contributed by atoms with Crippen LogP contribution >= 0.6 is 0 Å². The van der Waals surface area contributed by atoms with Gasteiger partial charge in [0, 0.05) is 12.1 Å². The van der Waals surface area contributed by atoms with E-state index < -0.39 is 28.3 Å². The fourth-order valence-corrected chi connectivity index (χ4v) is 1.72. The number of benzene rings is 2. The van der Waals surface area contributed by atoms with Gasteiger partial charge in [0.2, 0.25) is 0 Å². The van der Waals surface area contributed by atoms with Gasteiger partial charge < -0.3 is 14.6 Å². The summed E-state index contributed by atoms with van der Waals surface area (Å²) in [6.45, 7) is -0.0466. The summed E-state index contributed by atoms with van der Waals surface area (Å²) in [5.41, 5.74) is -0.199. The lowest BCUT2D eigenvalue weighted by molar-refractivity contribution is -0.384. The topological polar surface area (TPSA) is 116 Å². The quantitative estimate of drug-likeness (QED) is 0.390. The number of carboxylic acids is 1. The summed E-state index contributed by atoms with van der Waals surface area (Å²) >= 11 is 0. The number of rotatable bonds is 5. The van der Waals surface area contributed by atoms with Gasteiger partial charge in [0.25, 0.3) is 5.69 Å². The van der Waals surface area contributed by atoms with Gasteiger partial charge in [0.15, 0.2) is 0 Å². The van der Waals surface area contributed by atoms with Crippen molar-refractivity contribution < 1.29 is 29.1 Å². The van der Waals surface area contributed by atoms with E-state index in [0.717, 1.165) is 23.8 Å². The highest BCUT2D eigenvalue weighted by atomic mass is 16.7. The van der Waals surface area contributed by atoms with Crippen molar-refractivity contribution in [3.63, 3.8) is 0 Å². The van der Waals surface area contributed by atoms with Crippen molar-refractivity contribution in [2.45, 2.75) is 6.61 Å². The molecule has 1 N–H and O–H groups in total. The van der Waals surface area contributed by atoms with Crippen molar-refractivity contribution >= 4 is 17.8 Å². The van der Waals surface area contributed by atoms with E-state index in [-0.39, 0.29) is 12.4 Å². The van der Waals surface area contributed by atoms with Crippen molar-refractivity contribution in [1.82, 2.24) is 0 Å². The summed E-state index contributed by atoms with van der Waals surface area (Å²) in [6.07, 6.45) is -1.11. The van der Waals surface area contributed by atoms with E-state index in [9.17, 15) is 19.7 Å². The predicted molar refractivity (Wildman–Crippen MR) is 77.3 cm³/mol. The minimum atomic E-state index is -1.46. The van der Waals surface area contributed by atoms with Gasteiger partial charge in [-0.15, -0.1) is 0 Å². The van der Waals surface area contributed by atoms with Crippen molar-refractivity contribution in [1.29, 1.82) is 0 Å².